The van der Waals surface area contributed by atoms with Gasteiger partial charge in [-0.15, -0.1) is 0 Å². The Hall–Kier alpha value is -3.33. The molecule has 0 fully saturated rings. The molecule has 3 nitrogen and oxygen atoms in total. The summed E-state index contributed by atoms with van der Waals surface area (Å²) in [6.07, 6.45) is 2.56. The van der Waals surface area contributed by atoms with Crippen LogP contribution in [0.2, 0.25) is 0 Å². The molecule has 0 atom stereocenters. The third-order valence-corrected chi connectivity index (χ3v) is 4.14. The molecule has 3 aromatic carbocycles. The molecule has 1 aromatic heterocycles. The molecular weight excluding hydrogens is 322 g/mol. The van der Waals surface area contributed by atoms with Crippen LogP contribution >= 0.6 is 0 Å². The van der Waals surface area contributed by atoms with Crippen molar-refractivity contribution in [1.82, 2.24) is 4.98 Å². The Morgan fingerprint density at radius 3 is 2.42 bits per heavy atom. The van der Waals surface area contributed by atoms with Crippen LogP contribution in [0, 0.1) is 0 Å². The summed E-state index contributed by atoms with van der Waals surface area (Å²) in [5, 5.41) is 2.52. The third-order valence-electron chi connectivity index (χ3n) is 4.14. The van der Waals surface area contributed by atoms with Gasteiger partial charge in [0, 0.05) is 24.8 Å². The van der Waals surface area contributed by atoms with E-state index in [-0.39, 0.29) is 0 Å². The summed E-state index contributed by atoms with van der Waals surface area (Å²) in [6, 6.07) is 28.1. The van der Waals surface area contributed by atoms with Crippen molar-refractivity contribution < 1.29 is 9.47 Å². The Balaban J connectivity index is 1.37. The average Bonchev–Trinajstić information content (AvgIpc) is 2.69. The van der Waals surface area contributed by atoms with Gasteiger partial charge in [0.15, 0.2) is 0 Å². The minimum Gasteiger partial charge on any atom is -0.493 e. The van der Waals surface area contributed by atoms with Crippen LogP contribution < -0.4 is 9.47 Å². The van der Waals surface area contributed by atoms with Crippen LogP contribution in [0.25, 0.3) is 10.8 Å². The van der Waals surface area contributed by atoms with Crippen molar-refractivity contribution in [2.24, 2.45) is 0 Å². The van der Waals surface area contributed by atoms with Crippen molar-refractivity contribution in [2.75, 3.05) is 6.61 Å². The van der Waals surface area contributed by atoms with Gasteiger partial charge in [0.1, 0.15) is 11.5 Å². The highest BCUT2D eigenvalue weighted by Crippen LogP contribution is 2.24. The highest BCUT2D eigenvalue weighted by molar-refractivity contribution is 5.82. The quantitative estimate of drug-likeness (QED) is 0.454. The molecule has 0 N–H and O–H groups in total. The topological polar surface area (TPSA) is 31.4 Å². The molecule has 0 bridgehead atoms. The Bertz CT molecular complexity index is 999. The van der Waals surface area contributed by atoms with Crippen molar-refractivity contribution in [3.05, 3.63) is 96.7 Å². The molecular formula is C23H19NO2. The van der Waals surface area contributed by atoms with Crippen molar-refractivity contribution in [3.8, 4) is 17.4 Å². The maximum atomic E-state index is 5.90. The van der Waals surface area contributed by atoms with Crippen LogP contribution in [0.5, 0.6) is 17.4 Å². The second-order valence-electron chi connectivity index (χ2n) is 6.02. The van der Waals surface area contributed by atoms with E-state index in [2.05, 4.69) is 47.4 Å². The average molecular weight is 341 g/mol. The molecule has 0 amide bonds. The van der Waals surface area contributed by atoms with Gasteiger partial charge in [-0.2, -0.15) is 0 Å². The molecule has 0 saturated heterocycles. The number of hydrogen-bond donors (Lipinski definition) is 0. The van der Waals surface area contributed by atoms with Crippen molar-refractivity contribution in [1.29, 1.82) is 0 Å². The molecule has 0 aliphatic heterocycles. The van der Waals surface area contributed by atoms with E-state index in [4.69, 9.17) is 9.47 Å². The summed E-state index contributed by atoms with van der Waals surface area (Å²) in [5.41, 5.74) is 1.27. The smallest absolute Gasteiger partial charge is 0.219 e. The van der Waals surface area contributed by atoms with Gasteiger partial charge in [0.05, 0.1) is 6.61 Å². The number of aromatic nitrogens is 1. The largest absolute Gasteiger partial charge is 0.493 e. The number of nitrogens with zero attached hydrogens (tertiary/aromatic N) is 1. The van der Waals surface area contributed by atoms with Gasteiger partial charge in [0.2, 0.25) is 5.88 Å². The molecule has 0 spiro atoms. The fourth-order valence-electron chi connectivity index (χ4n) is 2.84. The number of fused-ring (bicyclic) bond motifs is 1. The van der Waals surface area contributed by atoms with Crippen LogP contribution in [-0.4, -0.2) is 11.6 Å². The summed E-state index contributed by atoms with van der Waals surface area (Å²) in [5.74, 6) is 2.08. The lowest BCUT2D eigenvalue weighted by molar-refractivity contribution is 0.320. The van der Waals surface area contributed by atoms with Crippen molar-refractivity contribution in [2.45, 2.75) is 6.42 Å². The molecule has 0 saturated carbocycles. The van der Waals surface area contributed by atoms with Crippen LogP contribution in [0.1, 0.15) is 5.56 Å². The normalized spacial score (nSPS) is 10.6. The molecule has 0 radical (unpaired) electrons. The standard InChI is InChI=1S/C23H19NO2/c1-2-7-20-16-18(11-12-19(20)6-1)13-15-25-21-8-5-9-22(17-21)26-23-10-3-4-14-24-23/h1-12,14,16-17H,13,15H2. The Morgan fingerprint density at radius 2 is 1.54 bits per heavy atom. The Labute approximate surface area is 152 Å². The number of hydrogen-bond acceptors (Lipinski definition) is 3. The number of pyridine rings is 1. The fourth-order valence-corrected chi connectivity index (χ4v) is 2.84. The van der Waals surface area contributed by atoms with E-state index < -0.39 is 0 Å². The molecule has 3 heteroatoms. The zero-order valence-corrected chi connectivity index (χ0v) is 14.3. The summed E-state index contributed by atoms with van der Waals surface area (Å²) in [7, 11) is 0. The molecule has 0 aliphatic carbocycles. The van der Waals surface area contributed by atoms with E-state index in [1.165, 1.54) is 16.3 Å². The highest BCUT2D eigenvalue weighted by atomic mass is 16.5. The van der Waals surface area contributed by atoms with Crippen LogP contribution in [-0.2, 0) is 6.42 Å². The summed E-state index contributed by atoms with van der Waals surface area (Å²) < 4.78 is 11.6. The third kappa shape index (κ3) is 4.01. The molecule has 26 heavy (non-hydrogen) atoms. The molecule has 1 heterocycles. The summed E-state index contributed by atoms with van der Waals surface area (Å²) in [4.78, 5) is 4.17. The number of ether oxygens (including phenoxy) is 2. The lowest BCUT2D eigenvalue weighted by atomic mass is 10.1. The Morgan fingerprint density at radius 1 is 0.692 bits per heavy atom. The lowest BCUT2D eigenvalue weighted by Crippen LogP contribution is -2.01. The van der Waals surface area contributed by atoms with E-state index >= 15 is 0 Å². The predicted octanol–water partition coefficient (Wildman–Crippen LogP) is 5.65. The van der Waals surface area contributed by atoms with Crippen LogP contribution in [0.15, 0.2) is 91.1 Å². The highest BCUT2D eigenvalue weighted by Gasteiger charge is 2.02. The van der Waals surface area contributed by atoms with Gasteiger partial charge < -0.3 is 9.47 Å². The second-order valence-corrected chi connectivity index (χ2v) is 6.02. The minimum atomic E-state index is 0.570. The number of rotatable bonds is 6. The van der Waals surface area contributed by atoms with Gasteiger partial charge in [-0.05, 0) is 34.5 Å². The molecule has 4 aromatic rings. The Kier molecular flexibility index (Phi) is 4.79. The first-order valence-corrected chi connectivity index (χ1v) is 8.66. The maximum absolute atomic E-state index is 5.90. The van der Waals surface area contributed by atoms with Gasteiger partial charge in [0.25, 0.3) is 0 Å². The zero-order chi connectivity index (χ0) is 17.6. The van der Waals surface area contributed by atoms with Crippen LogP contribution in [0.4, 0.5) is 0 Å². The van der Waals surface area contributed by atoms with E-state index in [0.29, 0.717) is 18.2 Å². The van der Waals surface area contributed by atoms with Gasteiger partial charge in [-0.1, -0.05) is 54.6 Å². The van der Waals surface area contributed by atoms with Crippen LogP contribution in [0.3, 0.4) is 0 Å². The van der Waals surface area contributed by atoms with E-state index in [9.17, 15) is 0 Å². The predicted molar refractivity (Wildman–Crippen MR) is 104 cm³/mol. The first-order valence-electron chi connectivity index (χ1n) is 8.66. The van der Waals surface area contributed by atoms with E-state index in [1.54, 1.807) is 6.20 Å². The van der Waals surface area contributed by atoms with Gasteiger partial charge >= 0.3 is 0 Å². The van der Waals surface area contributed by atoms with Crippen molar-refractivity contribution in [3.63, 3.8) is 0 Å². The second kappa shape index (κ2) is 7.70. The van der Waals surface area contributed by atoms with E-state index in [1.807, 2.05) is 42.5 Å². The maximum Gasteiger partial charge on any atom is 0.219 e. The van der Waals surface area contributed by atoms with E-state index in [0.717, 1.165) is 12.2 Å². The van der Waals surface area contributed by atoms with Gasteiger partial charge in [-0.25, -0.2) is 4.98 Å². The first-order chi connectivity index (χ1) is 12.9. The molecule has 0 aliphatic rings. The summed E-state index contributed by atoms with van der Waals surface area (Å²) >= 11 is 0. The monoisotopic (exact) mass is 341 g/mol. The van der Waals surface area contributed by atoms with Crippen molar-refractivity contribution >= 4 is 10.8 Å². The lowest BCUT2D eigenvalue weighted by Gasteiger charge is -2.09. The number of benzene rings is 3. The summed E-state index contributed by atoms with van der Waals surface area (Å²) in [6.45, 7) is 0.616. The first kappa shape index (κ1) is 16.2. The SMILES string of the molecule is c1ccc(Oc2cccc(OCCc3ccc4ccccc4c3)c2)nc1. The molecule has 4 rings (SSSR count). The molecule has 0 unspecified atom stereocenters. The fraction of sp³-hybridized carbons (Fsp3) is 0.0870. The molecule has 128 valence electrons. The zero-order valence-electron chi connectivity index (χ0n) is 14.3. The minimum absolute atomic E-state index is 0.570. The van der Waals surface area contributed by atoms with Gasteiger partial charge in [-0.3, -0.25) is 0 Å².